The van der Waals surface area contributed by atoms with Gasteiger partial charge in [0.05, 0.1) is 0 Å². The summed E-state index contributed by atoms with van der Waals surface area (Å²) < 4.78 is 2.54. The van der Waals surface area contributed by atoms with Gasteiger partial charge in [0, 0.05) is 49.8 Å². The molecular formula is C20H31IN6S. The number of nitrogens with one attached hydrogen (secondary N) is 1. The number of aromatic nitrogens is 3. The SMILES string of the molecule is CN=C(NCCCc1nnc2ccccn12)N1CCSC2(CCCCC2)C1.I. The lowest BCUT2D eigenvalue weighted by atomic mass is 9.87. The van der Waals surface area contributed by atoms with Gasteiger partial charge < -0.3 is 10.2 Å². The molecule has 1 saturated carbocycles. The van der Waals surface area contributed by atoms with Crippen LogP contribution in [0.15, 0.2) is 29.4 Å². The van der Waals surface area contributed by atoms with Gasteiger partial charge in [0.25, 0.3) is 0 Å². The molecule has 3 heterocycles. The lowest BCUT2D eigenvalue weighted by Crippen LogP contribution is -2.53. The second kappa shape index (κ2) is 10.1. The zero-order valence-corrected chi connectivity index (χ0v) is 19.8. The first kappa shape index (κ1) is 21.7. The van der Waals surface area contributed by atoms with E-state index in [1.54, 1.807) is 0 Å². The summed E-state index contributed by atoms with van der Waals surface area (Å²) in [7, 11) is 1.91. The zero-order valence-electron chi connectivity index (χ0n) is 16.6. The van der Waals surface area contributed by atoms with Crippen LogP contribution in [0, 0.1) is 0 Å². The van der Waals surface area contributed by atoms with E-state index < -0.39 is 0 Å². The minimum Gasteiger partial charge on any atom is -0.356 e. The van der Waals surface area contributed by atoms with Crippen LogP contribution in [0.2, 0.25) is 0 Å². The molecule has 1 spiro atoms. The maximum Gasteiger partial charge on any atom is 0.193 e. The molecule has 2 aromatic rings. The monoisotopic (exact) mass is 514 g/mol. The highest BCUT2D eigenvalue weighted by Gasteiger charge is 2.38. The number of fused-ring (bicyclic) bond motifs is 1. The van der Waals surface area contributed by atoms with Gasteiger partial charge in [0.1, 0.15) is 5.82 Å². The van der Waals surface area contributed by atoms with E-state index in [9.17, 15) is 0 Å². The van der Waals surface area contributed by atoms with E-state index in [4.69, 9.17) is 0 Å². The van der Waals surface area contributed by atoms with Crippen LogP contribution in [0.4, 0.5) is 0 Å². The van der Waals surface area contributed by atoms with Crippen LogP contribution in [0.3, 0.4) is 0 Å². The topological polar surface area (TPSA) is 57.8 Å². The molecule has 28 heavy (non-hydrogen) atoms. The number of aliphatic imine (C=N–C) groups is 1. The molecule has 0 atom stereocenters. The minimum absolute atomic E-state index is 0. The summed E-state index contributed by atoms with van der Waals surface area (Å²) in [4.78, 5) is 7.04. The quantitative estimate of drug-likeness (QED) is 0.293. The van der Waals surface area contributed by atoms with Gasteiger partial charge in [-0.05, 0) is 31.4 Å². The van der Waals surface area contributed by atoms with Crippen molar-refractivity contribution in [3.05, 3.63) is 30.2 Å². The maximum atomic E-state index is 4.56. The number of nitrogens with zero attached hydrogens (tertiary/aromatic N) is 5. The van der Waals surface area contributed by atoms with E-state index in [0.717, 1.165) is 49.9 Å². The van der Waals surface area contributed by atoms with Gasteiger partial charge >= 0.3 is 0 Å². The van der Waals surface area contributed by atoms with Gasteiger partial charge in [-0.15, -0.1) is 34.2 Å². The molecule has 1 N–H and O–H groups in total. The van der Waals surface area contributed by atoms with Crippen LogP contribution < -0.4 is 5.32 Å². The van der Waals surface area contributed by atoms with E-state index in [0.29, 0.717) is 4.75 Å². The molecule has 1 aliphatic heterocycles. The van der Waals surface area contributed by atoms with E-state index in [-0.39, 0.29) is 24.0 Å². The van der Waals surface area contributed by atoms with E-state index in [2.05, 4.69) is 41.6 Å². The van der Waals surface area contributed by atoms with E-state index in [1.807, 2.05) is 31.4 Å². The fourth-order valence-electron chi connectivity index (χ4n) is 4.36. The Morgan fingerprint density at radius 3 is 2.93 bits per heavy atom. The fourth-order valence-corrected chi connectivity index (χ4v) is 5.93. The normalized spacial score (nSPS) is 19.6. The van der Waals surface area contributed by atoms with Gasteiger partial charge in [-0.1, -0.05) is 25.3 Å². The predicted octanol–water partition coefficient (Wildman–Crippen LogP) is 3.61. The second-order valence-corrected chi connectivity index (χ2v) is 9.20. The Balaban J connectivity index is 0.00000225. The molecule has 0 amide bonds. The average Bonchev–Trinajstić information content (AvgIpc) is 3.12. The van der Waals surface area contributed by atoms with Crippen molar-refractivity contribution in [3.63, 3.8) is 0 Å². The third-order valence-corrected chi connectivity index (χ3v) is 7.31. The minimum atomic E-state index is 0. The molecule has 2 aromatic heterocycles. The smallest absolute Gasteiger partial charge is 0.193 e. The summed E-state index contributed by atoms with van der Waals surface area (Å²) in [5.74, 6) is 3.30. The Labute approximate surface area is 189 Å². The predicted molar refractivity (Wildman–Crippen MR) is 128 cm³/mol. The number of hydrogen-bond donors (Lipinski definition) is 1. The Morgan fingerprint density at radius 2 is 2.11 bits per heavy atom. The fraction of sp³-hybridized carbons (Fsp3) is 0.650. The third kappa shape index (κ3) is 4.93. The Bertz CT molecular complexity index is 780. The van der Waals surface area contributed by atoms with E-state index >= 15 is 0 Å². The number of aryl methyl sites for hydroxylation is 1. The first-order valence-electron chi connectivity index (χ1n) is 10.2. The molecule has 154 valence electrons. The number of halogens is 1. The first-order valence-corrected chi connectivity index (χ1v) is 11.2. The molecule has 0 radical (unpaired) electrons. The zero-order chi connectivity index (χ0) is 18.5. The second-order valence-electron chi connectivity index (χ2n) is 7.64. The highest BCUT2D eigenvalue weighted by molar-refractivity contribution is 14.0. The molecule has 1 saturated heterocycles. The summed E-state index contributed by atoms with van der Waals surface area (Å²) in [6.45, 7) is 3.15. The van der Waals surface area contributed by atoms with Crippen molar-refractivity contribution in [3.8, 4) is 0 Å². The molecule has 0 aromatic carbocycles. The van der Waals surface area contributed by atoms with Crippen LogP contribution in [0.1, 0.15) is 44.3 Å². The van der Waals surface area contributed by atoms with Gasteiger partial charge in [-0.2, -0.15) is 11.8 Å². The average molecular weight is 514 g/mol. The summed E-state index contributed by atoms with van der Waals surface area (Å²) in [6.07, 6.45) is 10.9. The highest BCUT2D eigenvalue weighted by atomic mass is 127. The summed E-state index contributed by atoms with van der Waals surface area (Å²) in [6, 6.07) is 6.01. The lowest BCUT2D eigenvalue weighted by molar-refractivity contribution is 0.293. The lowest BCUT2D eigenvalue weighted by Gasteiger charge is -2.45. The van der Waals surface area contributed by atoms with Crippen LogP contribution >= 0.6 is 35.7 Å². The van der Waals surface area contributed by atoms with Crippen LogP contribution in [-0.2, 0) is 6.42 Å². The van der Waals surface area contributed by atoms with Crippen LogP contribution in [-0.4, -0.2) is 62.6 Å². The van der Waals surface area contributed by atoms with Crippen molar-refractivity contribution in [2.24, 2.45) is 4.99 Å². The van der Waals surface area contributed by atoms with Crippen molar-refractivity contribution in [2.75, 3.05) is 32.4 Å². The van der Waals surface area contributed by atoms with Gasteiger partial charge in [0.2, 0.25) is 0 Å². The first-order chi connectivity index (χ1) is 13.3. The molecule has 6 nitrogen and oxygen atoms in total. The molecule has 4 rings (SSSR count). The van der Waals surface area contributed by atoms with Gasteiger partial charge in [0.15, 0.2) is 11.6 Å². The highest BCUT2D eigenvalue weighted by Crippen LogP contribution is 2.42. The molecular weight excluding hydrogens is 483 g/mol. The Kier molecular flexibility index (Phi) is 7.85. The molecule has 2 aliphatic rings. The number of guanidine groups is 1. The summed E-state index contributed by atoms with van der Waals surface area (Å²) in [5, 5.41) is 12.1. The van der Waals surface area contributed by atoms with Crippen molar-refractivity contribution in [1.82, 2.24) is 24.8 Å². The van der Waals surface area contributed by atoms with Crippen molar-refractivity contribution in [2.45, 2.75) is 49.7 Å². The number of hydrogen-bond acceptors (Lipinski definition) is 4. The van der Waals surface area contributed by atoms with Crippen molar-refractivity contribution in [1.29, 1.82) is 0 Å². The molecule has 0 bridgehead atoms. The molecule has 1 aliphatic carbocycles. The Morgan fingerprint density at radius 1 is 1.25 bits per heavy atom. The van der Waals surface area contributed by atoms with Gasteiger partial charge in [-0.25, -0.2) is 0 Å². The molecule has 8 heteroatoms. The van der Waals surface area contributed by atoms with Crippen LogP contribution in [0.25, 0.3) is 5.65 Å². The van der Waals surface area contributed by atoms with Gasteiger partial charge in [-0.3, -0.25) is 9.39 Å². The Hall–Kier alpha value is -1.03. The molecule has 2 fully saturated rings. The standard InChI is InChI=1S/C20H30N6S.HI/c1-21-19(25-14-15-27-20(16-25)10-4-2-5-11-20)22-12-7-9-18-24-23-17-8-3-6-13-26(17)18;/h3,6,8,13H,2,4-5,7,9-12,14-16H2,1H3,(H,21,22);1H. The summed E-state index contributed by atoms with van der Waals surface area (Å²) in [5.41, 5.74) is 0.917. The molecule has 0 unspecified atom stereocenters. The largest absolute Gasteiger partial charge is 0.356 e. The number of thioether (sulfide) groups is 1. The van der Waals surface area contributed by atoms with Crippen molar-refractivity contribution < 1.29 is 0 Å². The van der Waals surface area contributed by atoms with Crippen LogP contribution in [0.5, 0.6) is 0 Å². The number of rotatable bonds is 4. The van der Waals surface area contributed by atoms with E-state index in [1.165, 1.54) is 37.9 Å². The third-order valence-electron chi connectivity index (χ3n) is 5.77. The summed E-state index contributed by atoms with van der Waals surface area (Å²) >= 11 is 2.20. The maximum absolute atomic E-state index is 4.56. The number of pyridine rings is 1. The van der Waals surface area contributed by atoms with Crippen molar-refractivity contribution >= 4 is 47.3 Å².